The molecule has 3 aromatic heterocycles. The Balaban J connectivity index is 1.60. The monoisotopic (exact) mass is 534 g/mol. The molecule has 190 valence electrons. The topological polar surface area (TPSA) is 101 Å². The number of benzene rings is 1. The summed E-state index contributed by atoms with van der Waals surface area (Å²) in [7, 11) is -1.98. The van der Waals surface area contributed by atoms with Gasteiger partial charge < -0.3 is 19.5 Å². The molecular formula is C26H26N6O3S2. The van der Waals surface area contributed by atoms with Crippen LogP contribution in [0.2, 0.25) is 0 Å². The maximum atomic E-state index is 11.8. The number of nitrogens with one attached hydrogen (secondary N) is 2. The highest BCUT2D eigenvalue weighted by atomic mass is 32.2. The van der Waals surface area contributed by atoms with Crippen molar-refractivity contribution in [3.8, 4) is 5.75 Å². The van der Waals surface area contributed by atoms with E-state index in [-0.39, 0.29) is 12.1 Å². The van der Waals surface area contributed by atoms with Gasteiger partial charge in [-0.15, -0.1) is 0 Å². The summed E-state index contributed by atoms with van der Waals surface area (Å²) in [6.07, 6.45) is 6.68. The second-order valence-electron chi connectivity index (χ2n) is 8.64. The molecule has 0 bridgehead atoms. The minimum absolute atomic E-state index is 0.231. The lowest BCUT2D eigenvalue weighted by atomic mass is 10.0. The summed E-state index contributed by atoms with van der Waals surface area (Å²) in [6, 6.07) is 20.5. The van der Waals surface area contributed by atoms with E-state index in [1.165, 1.54) is 7.11 Å². The Morgan fingerprint density at radius 2 is 1.84 bits per heavy atom. The third-order valence-electron chi connectivity index (χ3n) is 6.08. The molecule has 1 aromatic carbocycles. The molecule has 37 heavy (non-hydrogen) atoms. The van der Waals surface area contributed by atoms with Crippen LogP contribution in [-0.2, 0) is 16.6 Å². The van der Waals surface area contributed by atoms with Crippen LogP contribution in [0.25, 0.3) is 0 Å². The molecule has 5 rings (SSSR count). The second kappa shape index (κ2) is 10.2. The Morgan fingerprint density at radius 1 is 1.05 bits per heavy atom. The molecule has 1 aliphatic heterocycles. The summed E-state index contributed by atoms with van der Waals surface area (Å²) in [5.41, 5.74) is 3.91. The van der Waals surface area contributed by atoms with Gasteiger partial charge in [0.15, 0.2) is 5.11 Å². The molecule has 2 atom stereocenters. The van der Waals surface area contributed by atoms with E-state index in [4.69, 9.17) is 17.0 Å². The van der Waals surface area contributed by atoms with Crippen molar-refractivity contribution in [2.75, 3.05) is 23.0 Å². The average molecular weight is 535 g/mol. The van der Waals surface area contributed by atoms with E-state index < -0.39 is 10.0 Å². The third-order valence-corrected chi connectivity index (χ3v) is 6.99. The summed E-state index contributed by atoms with van der Waals surface area (Å²) in [5.74, 6) is 0.384. The van der Waals surface area contributed by atoms with Crippen LogP contribution in [0.4, 0.5) is 11.4 Å². The number of pyridine rings is 2. The average Bonchev–Trinajstić information content (AvgIpc) is 3.48. The zero-order chi connectivity index (χ0) is 26.0. The van der Waals surface area contributed by atoms with Gasteiger partial charge >= 0.3 is 0 Å². The Bertz CT molecular complexity index is 1510. The third kappa shape index (κ3) is 5.27. The van der Waals surface area contributed by atoms with Crippen molar-refractivity contribution in [3.63, 3.8) is 0 Å². The SMILES string of the molecule is COc1cc(N2C(=S)N[C@@H](c3ccccn3)[C@H]2c2cccn2Cc2ccccn2)ccc1NS(C)(=O)=O. The number of anilines is 2. The van der Waals surface area contributed by atoms with Crippen molar-refractivity contribution in [3.05, 3.63) is 102 Å². The molecule has 1 saturated heterocycles. The van der Waals surface area contributed by atoms with Crippen LogP contribution < -0.4 is 19.7 Å². The molecule has 0 unspecified atom stereocenters. The molecule has 9 nitrogen and oxygen atoms in total. The summed E-state index contributed by atoms with van der Waals surface area (Å²) in [5, 5.41) is 3.98. The van der Waals surface area contributed by atoms with E-state index in [0.717, 1.165) is 29.0 Å². The van der Waals surface area contributed by atoms with Gasteiger partial charge in [-0.3, -0.25) is 14.7 Å². The van der Waals surface area contributed by atoms with Gasteiger partial charge in [0.25, 0.3) is 0 Å². The number of aromatic nitrogens is 3. The molecule has 1 fully saturated rings. The molecule has 0 saturated carbocycles. The fourth-order valence-electron chi connectivity index (χ4n) is 4.55. The van der Waals surface area contributed by atoms with Gasteiger partial charge in [0.2, 0.25) is 10.0 Å². The molecule has 4 aromatic rings. The first kappa shape index (κ1) is 24.7. The number of nitrogens with zero attached hydrogens (tertiary/aromatic N) is 4. The van der Waals surface area contributed by atoms with Gasteiger partial charge in [-0.2, -0.15) is 0 Å². The van der Waals surface area contributed by atoms with Crippen LogP contribution >= 0.6 is 12.2 Å². The van der Waals surface area contributed by atoms with Crippen LogP contribution in [0.1, 0.15) is 29.2 Å². The quantitative estimate of drug-likeness (QED) is 0.329. The van der Waals surface area contributed by atoms with E-state index in [1.54, 1.807) is 24.5 Å². The van der Waals surface area contributed by atoms with Crippen molar-refractivity contribution in [1.29, 1.82) is 0 Å². The number of thiocarbonyl (C=S) groups is 1. The summed E-state index contributed by atoms with van der Waals surface area (Å²) in [6.45, 7) is 0.593. The molecule has 2 N–H and O–H groups in total. The van der Waals surface area contributed by atoms with Gasteiger partial charge in [-0.05, 0) is 60.7 Å². The fraction of sp³-hybridized carbons (Fsp3) is 0.192. The van der Waals surface area contributed by atoms with E-state index >= 15 is 0 Å². The van der Waals surface area contributed by atoms with Crippen LogP contribution in [0, 0.1) is 0 Å². The minimum atomic E-state index is -3.48. The predicted molar refractivity (Wildman–Crippen MR) is 147 cm³/mol. The standard InChI is InChI=1S/C26H26N6O3S2/c1-35-23-16-19(11-12-20(23)30-37(2,33)34)32-25(24(29-26(32)36)21-9-4-6-14-28-21)22-10-7-15-31(22)17-18-8-3-5-13-27-18/h3-16,24-25,30H,17H2,1-2H3,(H,29,36)/t24-,25+/m0/s1. The highest BCUT2D eigenvalue weighted by Gasteiger charge is 2.42. The number of hydrogen-bond donors (Lipinski definition) is 2. The highest BCUT2D eigenvalue weighted by Crippen LogP contribution is 2.43. The minimum Gasteiger partial charge on any atom is -0.494 e. The molecule has 0 amide bonds. The van der Waals surface area contributed by atoms with Crippen LogP contribution in [0.5, 0.6) is 5.75 Å². The molecule has 1 aliphatic rings. The van der Waals surface area contributed by atoms with Gasteiger partial charge in [0.1, 0.15) is 11.8 Å². The number of ether oxygens (including phenoxy) is 1. The maximum Gasteiger partial charge on any atom is 0.229 e. The molecule has 0 aliphatic carbocycles. The first-order valence-corrected chi connectivity index (χ1v) is 13.9. The zero-order valence-corrected chi connectivity index (χ0v) is 21.9. The Morgan fingerprint density at radius 3 is 2.51 bits per heavy atom. The summed E-state index contributed by atoms with van der Waals surface area (Å²) in [4.78, 5) is 11.1. The molecule has 4 heterocycles. The maximum absolute atomic E-state index is 11.8. The Labute approximate surface area is 221 Å². The zero-order valence-electron chi connectivity index (χ0n) is 20.3. The van der Waals surface area contributed by atoms with Crippen molar-refractivity contribution < 1.29 is 13.2 Å². The van der Waals surface area contributed by atoms with E-state index in [0.29, 0.717) is 23.1 Å². The van der Waals surface area contributed by atoms with Gasteiger partial charge in [-0.25, -0.2) is 8.42 Å². The molecular weight excluding hydrogens is 508 g/mol. The predicted octanol–water partition coefficient (Wildman–Crippen LogP) is 3.88. The van der Waals surface area contributed by atoms with Crippen LogP contribution in [0.3, 0.4) is 0 Å². The normalized spacial score (nSPS) is 17.5. The second-order valence-corrected chi connectivity index (χ2v) is 10.8. The van der Waals surface area contributed by atoms with Crippen molar-refractivity contribution in [1.82, 2.24) is 19.9 Å². The molecule has 0 radical (unpaired) electrons. The van der Waals surface area contributed by atoms with Gasteiger partial charge in [0.05, 0.1) is 43.0 Å². The largest absolute Gasteiger partial charge is 0.494 e. The molecule has 11 heteroatoms. The Hall–Kier alpha value is -3.96. The Kier molecular flexibility index (Phi) is 6.81. The first-order chi connectivity index (χ1) is 17.8. The van der Waals surface area contributed by atoms with Crippen molar-refractivity contribution in [2.45, 2.75) is 18.6 Å². The van der Waals surface area contributed by atoms with Gasteiger partial charge in [-0.1, -0.05) is 12.1 Å². The number of hydrogen-bond acceptors (Lipinski definition) is 6. The van der Waals surface area contributed by atoms with Crippen LogP contribution in [-0.4, -0.2) is 41.4 Å². The summed E-state index contributed by atoms with van der Waals surface area (Å²) >= 11 is 5.84. The number of methoxy groups -OCH3 is 1. The lowest BCUT2D eigenvalue weighted by molar-refractivity contribution is 0.417. The van der Waals surface area contributed by atoms with E-state index in [2.05, 4.69) is 30.6 Å². The lowest BCUT2D eigenvalue weighted by Gasteiger charge is -2.29. The smallest absolute Gasteiger partial charge is 0.229 e. The van der Waals surface area contributed by atoms with E-state index in [1.807, 2.05) is 59.6 Å². The number of rotatable bonds is 8. The van der Waals surface area contributed by atoms with Crippen LogP contribution in [0.15, 0.2) is 85.3 Å². The lowest BCUT2D eigenvalue weighted by Crippen LogP contribution is -2.30. The van der Waals surface area contributed by atoms with E-state index in [9.17, 15) is 8.42 Å². The van der Waals surface area contributed by atoms with Crippen molar-refractivity contribution in [2.24, 2.45) is 0 Å². The first-order valence-electron chi connectivity index (χ1n) is 11.6. The summed E-state index contributed by atoms with van der Waals surface area (Å²) < 4.78 is 33.8. The number of sulfonamides is 1. The molecule has 0 spiro atoms. The fourth-order valence-corrected chi connectivity index (χ4v) is 5.47. The van der Waals surface area contributed by atoms with Crippen molar-refractivity contribution >= 4 is 38.7 Å². The highest BCUT2D eigenvalue weighted by molar-refractivity contribution is 7.92. The van der Waals surface area contributed by atoms with Gasteiger partial charge in [0, 0.05) is 36.0 Å².